The van der Waals surface area contributed by atoms with Crippen molar-refractivity contribution in [1.82, 2.24) is 9.55 Å². The van der Waals surface area contributed by atoms with Gasteiger partial charge in [0.25, 0.3) is 0 Å². The molecule has 0 atom stereocenters. The minimum absolute atomic E-state index is 0.315. The summed E-state index contributed by atoms with van der Waals surface area (Å²) in [5.74, 6) is -0.402. The highest BCUT2D eigenvalue weighted by Crippen LogP contribution is 2.24. The van der Waals surface area contributed by atoms with Crippen LogP contribution in [0.15, 0.2) is 41.4 Å². The van der Waals surface area contributed by atoms with Crippen LogP contribution in [0.2, 0.25) is 0 Å². The molecule has 1 N–H and O–H groups in total. The number of imidazole rings is 1. The van der Waals surface area contributed by atoms with Gasteiger partial charge < -0.3 is 10.1 Å². The Bertz CT molecular complexity index is 626. The molecule has 0 saturated heterocycles. The average Bonchev–Trinajstić information content (AvgIpc) is 2.95. The van der Waals surface area contributed by atoms with Crippen LogP contribution in [-0.4, -0.2) is 28.2 Å². The Kier molecular flexibility index (Phi) is 4.52. The van der Waals surface area contributed by atoms with E-state index >= 15 is 0 Å². The molecule has 6 nitrogen and oxygen atoms in total. The monoisotopic (exact) mass is 337 g/mol. The second kappa shape index (κ2) is 6.33. The molecule has 0 unspecified atom stereocenters. The van der Waals surface area contributed by atoms with Gasteiger partial charge in [-0.05, 0) is 41.1 Å². The topological polar surface area (TPSA) is 73.2 Å². The zero-order valence-corrected chi connectivity index (χ0v) is 12.3. The maximum Gasteiger partial charge on any atom is 0.338 e. The summed E-state index contributed by atoms with van der Waals surface area (Å²) in [6.07, 6.45) is 4.45. The highest BCUT2D eigenvalue weighted by Gasteiger charge is 2.11. The van der Waals surface area contributed by atoms with Crippen molar-refractivity contribution < 1.29 is 14.3 Å². The van der Waals surface area contributed by atoms with E-state index in [4.69, 9.17) is 4.74 Å². The summed E-state index contributed by atoms with van der Waals surface area (Å²) in [5.41, 5.74) is 0.969. The third-order valence-electron chi connectivity index (χ3n) is 2.46. The fourth-order valence-electron chi connectivity index (χ4n) is 1.52. The van der Waals surface area contributed by atoms with E-state index in [1.54, 1.807) is 25.1 Å². The number of nitrogens with zero attached hydrogens (tertiary/aromatic N) is 2. The molecule has 0 aliphatic carbocycles. The Labute approximate surface area is 123 Å². The summed E-state index contributed by atoms with van der Waals surface area (Å²) in [4.78, 5) is 27.2. The second-order valence-electron chi connectivity index (χ2n) is 3.82. The minimum atomic E-state index is -0.402. The second-order valence-corrected chi connectivity index (χ2v) is 4.67. The molecule has 2 aromatic rings. The standard InChI is InChI=1S/C13H12BrN3O3/c1-2-20-12(18)9-3-4-11(10(14)7-9)16-13(19)17-6-5-15-8-17/h3-8H,2H2,1H3,(H,16,19). The zero-order chi connectivity index (χ0) is 14.5. The first-order valence-corrected chi connectivity index (χ1v) is 6.67. The lowest BCUT2D eigenvalue weighted by atomic mass is 10.2. The van der Waals surface area contributed by atoms with Crippen molar-refractivity contribution in [2.45, 2.75) is 6.92 Å². The molecule has 0 radical (unpaired) electrons. The summed E-state index contributed by atoms with van der Waals surface area (Å²) < 4.78 is 6.81. The number of nitrogens with one attached hydrogen (secondary N) is 1. The Hall–Kier alpha value is -2.15. The largest absolute Gasteiger partial charge is 0.462 e. The molecule has 0 saturated carbocycles. The van der Waals surface area contributed by atoms with E-state index in [1.807, 2.05) is 0 Å². The summed E-state index contributed by atoms with van der Waals surface area (Å²) in [7, 11) is 0. The number of rotatable bonds is 3. The van der Waals surface area contributed by atoms with Gasteiger partial charge in [-0.15, -0.1) is 0 Å². The van der Waals surface area contributed by atoms with Crippen molar-refractivity contribution in [3.8, 4) is 0 Å². The lowest BCUT2D eigenvalue weighted by Gasteiger charge is -2.09. The summed E-state index contributed by atoms with van der Waals surface area (Å²) >= 11 is 3.31. The van der Waals surface area contributed by atoms with Gasteiger partial charge in [-0.3, -0.25) is 4.57 Å². The van der Waals surface area contributed by atoms with E-state index in [2.05, 4.69) is 26.2 Å². The van der Waals surface area contributed by atoms with Crippen molar-refractivity contribution in [3.63, 3.8) is 0 Å². The van der Waals surface area contributed by atoms with Gasteiger partial charge in [-0.2, -0.15) is 0 Å². The van der Waals surface area contributed by atoms with E-state index in [9.17, 15) is 9.59 Å². The fraction of sp³-hybridized carbons (Fsp3) is 0.154. The highest BCUT2D eigenvalue weighted by atomic mass is 79.9. The molecule has 104 valence electrons. The van der Waals surface area contributed by atoms with E-state index in [-0.39, 0.29) is 6.03 Å². The predicted molar refractivity (Wildman–Crippen MR) is 76.7 cm³/mol. The normalized spacial score (nSPS) is 10.1. The van der Waals surface area contributed by atoms with Crippen LogP contribution in [0, 0.1) is 0 Å². The molecule has 2 rings (SSSR count). The number of benzene rings is 1. The number of carbonyl (C=O) groups excluding carboxylic acids is 2. The van der Waals surface area contributed by atoms with Crippen molar-refractivity contribution in [3.05, 3.63) is 47.0 Å². The van der Waals surface area contributed by atoms with Gasteiger partial charge in [-0.25, -0.2) is 14.6 Å². The number of esters is 1. The van der Waals surface area contributed by atoms with E-state index in [0.29, 0.717) is 22.3 Å². The molecule has 0 bridgehead atoms. The quantitative estimate of drug-likeness (QED) is 0.874. The fourth-order valence-corrected chi connectivity index (χ4v) is 1.99. The van der Waals surface area contributed by atoms with Gasteiger partial charge in [0.1, 0.15) is 6.33 Å². The van der Waals surface area contributed by atoms with Gasteiger partial charge in [0.15, 0.2) is 0 Å². The molecule has 0 aliphatic rings. The predicted octanol–water partition coefficient (Wildman–Crippen LogP) is 2.90. The SMILES string of the molecule is CCOC(=O)c1ccc(NC(=O)n2ccnc2)c(Br)c1. The molecule has 0 fully saturated rings. The average molecular weight is 338 g/mol. The molecule has 0 spiro atoms. The van der Waals surface area contributed by atoms with Crippen LogP contribution in [0.1, 0.15) is 17.3 Å². The Balaban J connectivity index is 2.14. The van der Waals surface area contributed by atoms with Gasteiger partial charge in [0.2, 0.25) is 0 Å². The maximum absolute atomic E-state index is 11.8. The lowest BCUT2D eigenvalue weighted by Crippen LogP contribution is -2.18. The Morgan fingerprint density at radius 3 is 2.85 bits per heavy atom. The molecule has 20 heavy (non-hydrogen) atoms. The van der Waals surface area contributed by atoms with Crippen LogP contribution in [-0.2, 0) is 4.74 Å². The van der Waals surface area contributed by atoms with E-state index < -0.39 is 5.97 Å². The van der Waals surface area contributed by atoms with E-state index in [1.165, 1.54) is 23.3 Å². The van der Waals surface area contributed by atoms with Crippen LogP contribution in [0.5, 0.6) is 0 Å². The van der Waals surface area contributed by atoms with Gasteiger partial charge in [-0.1, -0.05) is 0 Å². The van der Waals surface area contributed by atoms with Crippen molar-refractivity contribution in [1.29, 1.82) is 0 Å². The smallest absolute Gasteiger partial charge is 0.338 e. The molecule has 0 aliphatic heterocycles. The Morgan fingerprint density at radius 2 is 2.25 bits per heavy atom. The summed E-state index contributed by atoms with van der Waals surface area (Å²) in [6, 6.07) is 4.48. The number of carbonyl (C=O) groups is 2. The molecule has 1 aromatic carbocycles. The third kappa shape index (κ3) is 3.24. The number of amides is 1. The molecule has 1 heterocycles. The first kappa shape index (κ1) is 14.3. The van der Waals surface area contributed by atoms with Gasteiger partial charge >= 0.3 is 12.0 Å². The van der Waals surface area contributed by atoms with Crippen LogP contribution < -0.4 is 5.32 Å². The summed E-state index contributed by atoms with van der Waals surface area (Å²) in [5, 5.41) is 2.70. The van der Waals surface area contributed by atoms with Crippen LogP contribution >= 0.6 is 15.9 Å². The third-order valence-corrected chi connectivity index (χ3v) is 3.12. The first-order valence-electron chi connectivity index (χ1n) is 5.87. The van der Waals surface area contributed by atoms with Gasteiger partial charge in [0.05, 0.1) is 17.9 Å². The van der Waals surface area contributed by atoms with Crippen molar-refractivity contribution >= 4 is 33.6 Å². The molecule has 1 amide bonds. The molecule has 1 aromatic heterocycles. The molecular weight excluding hydrogens is 326 g/mol. The van der Waals surface area contributed by atoms with Crippen LogP contribution in [0.25, 0.3) is 0 Å². The minimum Gasteiger partial charge on any atom is -0.462 e. The van der Waals surface area contributed by atoms with Crippen molar-refractivity contribution in [2.75, 3.05) is 11.9 Å². The number of ether oxygens (including phenoxy) is 1. The number of hydrogen-bond acceptors (Lipinski definition) is 4. The maximum atomic E-state index is 11.8. The Morgan fingerprint density at radius 1 is 1.45 bits per heavy atom. The molecule has 7 heteroatoms. The van der Waals surface area contributed by atoms with Crippen LogP contribution in [0.3, 0.4) is 0 Å². The first-order chi connectivity index (χ1) is 9.61. The zero-order valence-electron chi connectivity index (χ0n) is 10.7. The number of aromatic nitrogens is 2. The van der Waals surface area contributed by atoms with Gasteiger partial charge in [0, 0.05) is 16.9 Å². The van der Waals surface area contributed by atoms with Crippen LogP contribution in [0.4, 0.5) is 10.5 Å². The number of anilines is 1. The van der Waals surface area contributed by atoms with Crippen molar-refractivity contribution in [2.24, 2.45) is 0 Å². The lowest BCUT2D eigenvalue weighted by molar-refractivity contribution is 0.0526. The van der Waals surface area contributed by atoms with E-state index in [0.717, 1.165) is 0 Å². The number of halogens is 1. The molecular formula is C13H12BrN3O3. The highest BCUT2D eigenvalue weighted by molar-refractivity contribution is 9.10. The summed E-state index contributed by atoms with van der Waals surface area (Å²) in [6.45, 7) is 2.06. The number of hydrogen-bond donors (Lipinski definition) is 1.